The Morgan fingerprint density at radius 2 is 2.17 bits per heavy atom. The summed E-state index contributed by atoms with van der Waals surface area (Å²) in [5.74, 6) is 0.450. The average Bonchev–Trinajstić information content (AvgIpc) is 3.15. The van der Waals surface area contributed by atoms with E-state index >= 15 is 0 Å². The van der Waals surface area contributed by atoms with E-state index in [-0.39, 0.29) is 29.5 Å². The summed E-state index contributed by atoms with van der Waals surface area (Å²) in [6, 6.07) is 9.15. The van der Waals surface area contributed by atoms with E-state index < -0.39 is 0 Å². The van der Waals surface area contributed by atoms with Crippen molar-refractivity contribution in [3.8, 4) is 0 Å². The van der Waals surface area contributed by atoms with Crippen LogP contribution < -0.4 is 10.9 Å². The molecule has 1 saturated carbocycles. The lowest BCUT2D eigenvalue weighted by Crippen LogP contribution is -2.39. The monoisotopic (exact) mass is 408 g/mol. The molecule has 158 valence electrons. The van der Waals surface area contributed by atoms with Crippen molar-refractivity contribution in [1.82, 2.24) is 20.3 Å². The topological polar surface area (TPSA) is 99.9 Å². The molecule has 3 N–H and O–H groups in total. The largest absolute Gasteiger partial charge is 0.381 e. The molecule has 2 heterocycles. The molecule has 0 saturated heterocycles. The second kappa shape index (κ2) is 8.83. The van der Waals surface area contributed by atoms with Gasteiger partial charge in [-0.2, -0.15) is 0 Å². The van der Waals surface area contributed by atoms with Crippen LogP contribution in [-0.2, 0) is 16.0 Å². The van der Waals surface area contributed by atoms with Crippen LogP contribution in [0.15, 0.2) is 41.3 Å². The average molecular weight is 409 g/mol. The molecule has 1 fully saturated rings. The number of aromatic amines is 2. The Kier molecular flexibility index (Phi) is 5.99. The summed E-state index contributed by atoms with van der Waals surface area (Å²) in [6.07, 6.45) is 6.19. The third-order valence-electron chi connectivity index (χ3n) is 5.98. The van der Waals surface area contributed by atoms with Crippen LogP contribution in [0.5, 0.6) is 0 Å². The molecule has 1 amide bonds. The van der Waals surface area contributed by atoms with E-state index in [1.165, 1.54) is 6.07 Å². The number of amides is 1. The fourth-order valence-corrected chi connectivity index (χ4v) is 4.42. The zero-order valence-electron chi connectivity index (χ0n) is 17.4. The first kappa shape index (κ1) is 20.3. The number of fused-ring (bicyclic) bond motifs is 1. The molecule has 2 aromatic heterocycles. The molecular weight excluding hydrogens is 380 g/mol. The van der Waals surface area contributed by atoms with Gasteiger partial charge in [-0.25, -0.2) is 4.98 Å². The van der Waals surface area contributed by atoms with Gasteiger partial charge in [0.1, 0.15) is 5.82 Å². The maximum atomic E-state index is 13.1. The number of hydrogen-bond acceptors (Lipinski definition) is 4. The third kappa shape index (κ3) is 4.46. The number of rotatable bonds is 6. The van der Waals surface area contributed by atoms with Crippen LogP contribution in [-0.4, -0.2) is 34.1 Å². The lowest BCUT2D eigenvalue weighted by molar-refractivity contribution is -0.128. The molecule has 0 unspecified atom stereocenters. The van der Waals surface area contributed by atoms with Gasteiger partial charge in [-0.15, -0.1) is 0 Å². The van der Waals surface area contributed by atoms with Crippen LogP contribution in [0.25, 0.3) is 10.9 Å². The standard InChI is InChI=1S/C23H28N4O3/c1-14-25-21(12-22(28)26-14)20(11-16-13-24-19-9-4-3-8-18(16)19)27-23(29)15-6-5-7-17(10-15)30-2/h3-4,8-9,12-13,15,17,20,24H,5-7,10-11H2,1-2H3,(H,27,29)(H,25,26,28)/t15-,17+,20+/m1/s1. The van der Waals surface area contributed by atoms with Crippen LogP contribution in [0.3, 0.4) is 0 Å². The number of H-pyrrole nitrogens is 2. The van der Waals surface area contributed by atoms with Gasteiger partial charge < -0.3 is 20.0 Å². The number of nitrogens with zero attached hydrogens (tertiary/aromatic N) is 1. The molecule has 4 rings (SSSR count). The number of nitrogens with one attached hydrogen (secondary N) is 3. The van der Waals surface area contributed by atoms with Crippen molar-refractivity contribution >= 4 is 16.8 Å². The summed E-state index contributed by atoms with van der Waals surface area (Å²) < 4.78 is 5.48. The highest BCUT2D eigenvalue weighted by molar-refractivity contribution is 5.83. The summed E-state index contributed by atoms with van der Waals surface area (Å²) in [7, 11) is 1.70. The van der Waals surface area contributed by atoms with Gasteiger partial charge in [-0.3, -0.25) is 9.59 Å². The van der Waals surface area contributed by atoms with Crippen molar-refractivity contribution in [2.24, 2.45) is 5.92 Å². The SMILES string of the molecule is CO[C@H]1CCC[C@@H](C(=O)N[C@@H](Cc2c[nH]c3ccccc23)c2cc(=O)[nH]c(C)n2)C1. The molecule has 7 nitrogen and oxygen atoms in total. The molecule has 30 heavy (non-hydrogen) atoms. The van der Waals surface area contributed by atoms with Gasteiger partial charge in [0.15, 0.2) is 0 Å². The zero-order valence-corrected chi connectivity index (χ0v) is 17.4. The van der Waals surface area contributed by atoms with Gasteiger partial charge in [-0.05, 0) is 37.8 Å². The van der Waals surface area contributed by atoms with Crippen LogP contribution in [0, 0.1) is 12.8 Å². The predicted octanol–water partition coefficient (Wildman–Crippen LogP) is 3.16. The molecule has 0 aliphatic heterocycles. The fourth-order valence-electron chi connectivity index (χ4n) is 4.42. The number of carbonyl (C=O) groups is 1. The minimum atomic E-state index is -0.388. The Bertz CT molecular complexity index is 1090. The van der Waals surface area contributed by atoms with Crippen LogP contribution in [0.1, 0.15) is 48.8 Å². The quantitative estimate of drug-likeness (QED) is 0.583. The van der Waals surface area contributed by atoms with Crippen LogP contribution >= 0.6 is 0 Å². The van der Waals surface area contributed by atoms with E-state index in [4.69, 9.17) is 4.74 Å². The highest BCUT2D eigenvalue weighted by atomic mass is 16.5. The molecule has 3 aromatic rings. The molecule has 1 aliphatic rings. The van der Waals surface area contributed by atoms with E-state index in [1.807, 2.05) is 24.4 Å². The number of aryl methyl sites for hydroxylation is 1. The summed E-state index contributed by atoms with van der Waals surface area (Å²) in [5, 5.41) is 4.29. The fraction of sp³-hybridized carbons (Fsp3) is 0.435. The summed E-state index contributed by atoms with van der Waals surface area (Å²) >= 11 is 0. The van der Waals surface area contributed by atoms with Crippen molar-refractivity contribution in [1.29, 1.82) is 0 Å². The maximum Gasteiger partial charge on any atom is 0.251 e. The summed E-state index contributed by atoms with van der Waals surface area (Å²) in [5.41, 5.74) is 2.48. The molecular formula is C23H28N4O3. The first-order valence-corrected chi connectivity index (χ1v) is 10.5. The zero-order chi connectivity index (χ0) is 21.1. The van der Waals surface area contributed by atoms with Crippen molar-refractivity contribution in [3.05, 3.63) is 64.0 Å². The molecule has 1 aliphatic carbocycles. The highest BCUT2D eigenvalue weighted by Gasteiger charge is 2.29. The Labute approximate surface area is 175 Å². The number of ether oxygens (including phenoxy) is 1. The Balaban J connectivity index is 1.61. The van der Waals surface area contributed by atoms with Crippen molar-refractivity contribution < 1.29 is 9.53 Å². The molecule has 0 bridgehead atoms. The van der Waals surface area contributed by atoms with Crippen LogP contribution in [0.4, 0.5) is 0 Å². The second-order valence-electron chi connectivity index (χ2n) is 8.10. The van der Waals surface area contributed by atoms with Crippen molar-refractivity contribution in [3.63, 3.8) is 0 Å². The van der Waals surface area contributed by atoms with Crippen molar-refractivity contribution in [2.75, 3.05) is 7.11 Å². The second-order valence-corrected chi connectivity index (χ2v) is 8.10. The minimum absolute atomic E-state index is 0.00123. The first-order chi connectivity index (χ1) is 14.5. The highest BCUT2D eigenvalue weighted by Crippen LogP contribution is 2.28. The summed E-state index contributed by atoms with van der Waals surface area (Å²) in [4.78, 5) is 35.7. The van der Waals surface area contributed by atoms with Gasteiger partial charge >= 0.3 is 0 Å². The normalized spacial score (nSPS) is 20.2. The van der Waals surface area contributed by atoms with Gasteiger partial charge in [0.05, 0.1) is 17.8 Å². The number of aromatic nitrogens is 3. The van der Waals surface area contributed by atoms with E-state index in [1.54, 1.807) is 14.0 Å². The molecule has 0 spiro atoms. The minimum Gasteiger partial charge on any atom is -0.381 e. The maximum absolute atomic E-state index is 13.1. The smallest absolute Gasteiger partial charge is 0.251 e. The number of methoxy groups -OCH3 is 1. The predicted molar refractivity (Wildman–Crippen MR) is 115 cm³/mol. The molecule has 7 heteroatoms. The third-order valence-corrected chi connectivity index (χ3v) is 5.98. The van der Waals surface area contributed by atoms with Gasteiger partial charge in [0.25, 0.3) is 5.56 Å². The molecule has 3 atom stereocenters. The van der Waals surface area contributed by atoms with Gasteiger partial charge in [0, 0.05) is 42.6 Å². The Morgan fingerprint density at radius 3 is 2.97 bits per heavy atom. The Hall–Kier alpha value is -2.93. The lowest BCUT2D eigenvalue weighted by atomic mass is 9.86. The number of para-hydroxylation sites is 1. The van der Waals surface area contributed by atoms with Gasteiger partial charge in [-0.1, -0.05) is 24.6 Å². The van der Waals surface area contributed by atoms with E-state index in [9.17, 15) is 9.59 Å². The summed E-state index contributed by atoms with van der Waals surface area (Å²) in [6.45, 7) is 1.75. The van der Waals surface area contributed by atoms with Gasteiger partial charge in [0.2, 0.25) is 5.91 Å². The van der Waals surface area contributed by atoms with E-state index in [0.29, 0.717) is 17.9 Å². The van der Waals surface area contributed by atoms with Crippen molar-refractivity contribution in [2.45, 2.75) is 51.2 Å². The lowest BCUT2D eigenvalue weighted by Gasteiger charge is -2.29. The molecule has 1 aromatic carbocycles. The van der Waals surface area contributed by atoms with E-state index in [0.717, 1.165) is 42.1 Å². The molecule has 0 radical (unpaired) electrons. The number of carbonyl (C=O) groups excluding carboxylic acids is 1. The number of benzene rings is 1. The van der Waals surface area contributed by atoms with E-state index in [2.05, 4.69) is 26.3 Å². The van der Waals surface area contributed by atoms with Crippen LogP contribution in [0.2, 0.25) is 0 Å². The Morgan fingerprint density at radius 1 is 1.33 bits per heavy atom. The first-order valence-electron chi connectivity index (χ1n) is 10.5. The number of hydrogen-bond donors (Lipinski definition) is 3.